The number of sulfone groups is 2. The molecule has 8 aromatic rings. The Morgan fingerprint density at radius 3 is 1.32 bits per heavy atom. The van der Waals surface area contributed by atoms with Crippen LogP contribution < -0.4 is 9.47 Å². The zero-order valence-electron chi connectivity index (χ0n) is 37.7. The lowest BCUT2D eigenvalue weighted by Crippen LogP contribution is -2.28. The lowest BCUT2D eigenvalue weighted by atomic mass is 9.68. The Morgan fingerprint density at radius 2 is 0.864 bits per heavy atom. The normalized spacial score (nSPS) is 13.7. The van der Waals surface area contributed by atoms with Crippen LogP contribution in [-0.2, 0) is 30.5 Å². The van der Waals surface area contributed by atoms with Crippen LogP contribution in [0.1, 0.15) is 85.6 Å². The van der Waals surface area contributed by atoms with Gasteiger partial charge in [0.05, 0.1) is 25.0 Å². The third kappa shape index (κ3) is 7.92. The van der Waals surface area contributed by atoms with Gasteiger partial charge in [-0.1, -0.05) is 136 Å². The summed E-state index contributed by atoms with van der Waals surface area (Å²) in [5.74, 6) is 1.83. The van der Waals surface area contributed by atoms with Gasteiger partial charge in [0.15, 0.2) is 0 Å². The molecule has 0 aliphatic heterocycles. The summed E-state index contributed by atoms with van der Waals surface area (Å²) in [6.07, 6.45) is 1.60. The molecular formula is C58H52O6S2. The minimum absolute atomic E-state index is 0.00378. The molecule has 1 aliphatic carbocycles. The van der Waals surface area contributed by atoms with E-state index < -0.39 is 25.1 Å². The molecular weight excluding hydrogens is 857 g/mol. The number of benzene rings is 8. The van der Waals surface area contributed by atoms with Crippen molar-refractivity contribution in [2.75, 3.05) is 0 Å². The number of ether oxygens (including phenoxy) is 2. The first-order valence-corrected chi connectivity index (χ1v) is 25.4. The van der Waals surface area contributed by atoms with Gasteiger partial charge < -0.3 is 9.47 Å². The van der Waals surface area contributed by atoms with Gasteiger partial charge in [-0.05, 0) is 162 Å². The maximum Gasteiger partial charge on any atom is 0.206 e. The van der Waals surface area contributed by atoms with Gasteiger partial charge in [-0.2, -0.15) is 0 Å². The SMILES string of the molecule is CCC(C)(CC)c1ccc(S(=O)(=O)c2ccc(Oc3ccc(C4(c5ccc(OC(C)c6ccc(S(=O)(=O)c7ccc(C)cc7)cc6)cc5)c5ccccc5-c5ccccc54)cc3)cc2)cc1. The van der Waals surface area contributed by atoms with Gasteiger partial charge in [0.1, 0.15) is 23.4 Å². The van der Waals surface area contributed by atoms with Crippen molar-refractivity contribution in [1.29, 1.82) is 0 Å². The van der Waals surface area contributed by atoms with E-state index in [0.717, 1.165) is 40.7 Å². The minimum atomic E-state index is -3.72. The number of hydrogen-bond donors (Lipinski definition) is 0. The van der Waals surface area contributed by atoms with Crippen LogP contribution >= 0.6 is 0 Å². The summed E-state index contributed by atoms with van der Waals surface area (Å²) in [5, 5.41) is 0. The molecule has 66 heavy (non-hydrogen) atoms. The fraction of sp³-hybridized carbons (Fsp3) is 0.172. The molecule has 0 amide bonds. The quantitative estimate of drug-likeness (QED) is 0.108. The summed E-state index contributed by atoms with van der Waals surface area (Å²) in [5.41, 5.74) is 9.13. The Kier molecular flexibility index (Phi) is 11.8. The fourth-order valence-corrected chi connectivity index (χ4v) is 11.8. The van der Waals surface area contributed by atoms with E-state index in [4.69, 9.17) is 9.47 Å². The zero-order chi connectivity index (χ0) is 46.3. The molecule has 0 fully saturated rings. The third-order valence-corrected chi connectivity index (χ3v) is 17.2. The molecule has 0 saturated carbocycles. The maximum atomic E-state index is 13.6. The molecule has 1 unspecified atom stereocenters. The molecule has 1 aliphatic rings. The van der Waals surface area contributed by atoms with E-state index in [1.807, 2.05) is 62.4 Å². The fourth-order valence-electron chi connectivity index (χ4n) is 9.28. The molecule has 0 saturated heterocycles. The van der Waals surface area contributed by atoms with Gasteiger partial charge in [0.25, 0.3) is 0 Å². The first-order valence-electron chi connectivity index (χ1n) is 22.4. The van der Waals surface area contributed by atoms with E-state index in [1.165, 1.54) is 22.3 Å². The van der Waals surface area contributed by atoms with Crippen LogP contribution in [0.4, 0.5) is 0 Å². The highest BCUT2D eigenvalue weighted by Gasteiger charge is 2.46. The zero-order valence-corrected chi connectivity index (χ0v) is 39.4. The Bertz CT molecular complexity index is 3180. The predicted octanol–water partition coefficient (Wildman–Crippen LogP) is 14.0. The van der Waals surface area contributed by atoms with E-state index in [2.05, 4.69) is 93.6 Å². The van der Waals surface area contributed by atoms with E-state index >= 15 is 0 Å². The van der Waals surface area contributed by atoms with Crippen molar-refractivity contribution in [3.63, 3.8) is 0 Å². The summed E-state index contributed by atoms with van der Waals surface area (Å²) in [7, 11) is -7.36. The van der Waals surface area contributed by atoms with Crippen molar-refractivity contribution < 1.29 is 26.3 Å². The largest absolute Gasteiger partial charge is 0.486 e. The lowest BCUT2D eigenvalue weighted by Gasteiger charge is -2.34. The van der Waals surface area contributed by atoms with Crippen molar-refractivity contribution in [2.24, 2.45) is 0 Å². The van der Waals surface area contributed by atoms with Crippen LogP contribution in [0.3, 0.4) is 0 Å². The summed E-state index contributed by atoms with van der Waals surface area (Å²) >= 11 is 0. The molecule has 0 spiro atoms. The molecule has 0 radical (unpaired) electrons. The van der Waals surface area contributed by atoms with Crippen LogP contribution in [0.5, 0.6) is 17.2 Å². The maximum absolute atomic E-state index is 13.6. The monoisotopic (exact) mass is 908 g/mol. The molecule has 8 heteroatoms. The van der Waals surface area contributed by atoms with E-state index in [-0.39, 0.29) is 31.1 Å². The molecule has 0 aromatic heterocycles. The molecule has 0 bridgehead atoms. The first kappa shape index (κ1) is 44.5. The second kappa shape index (κ2) is 17.6. The van der Waals surface area contributed by atoms with Gasteiger partial charge in [0, 0.05) is 0 Å². The molecule has 0 N–H and O–H groups in total. The standard InChI is InChI=1S/C58H52O6S2/c1-6-57(5,7-2)43-24-36-51(37-25-43)66(61,62)52-38-30-48(31-39-52)64-47-28-22-45(23-29-47)58(55-14-10-8-12-53(55)54-13-9-11-15-56(54)58)44-20-26-46(27-21-44)63-41(4)42-18-34-50(35-19-42)65(59,60)49-32-16-40(3)17-33-49/h8-39,41H,6-7H2,1-5H3. The highest BCUT2D eigenvalue weighted by molar-refractivity contribution is 7.91. The highest BCUT2D eigenvalue weighted by atomic mass is 32.2. The van der Waals surface area contributed by atoms with E-state index in [9.17, 15) is 16.8 Å². The van der Waals surface area contributed by atoms with Gasteiger partial charge in [-0.15, -0.1) is 0 Å². The molecule has 9 rings (SSSR count). The summed E-state index contributed by atoms with van der Waals surface area (Å²) in [6, 6.07) is 61.1. The average molecular weight is 909 g/mol. The molecule has 1 atom stereocenters. The van der Waals surface area contributed by atoms with Crippen molar-refractivity contribution in [3.05, 3.63) is 233 Å². The minimum Gasteiger partial charge on any atom is -0.486 e. The average Bonchev–Trinajstić information content (AvgIpc) is 3.65. The smallest absolute Gasteiger partial charge is 0.206 e. The van der Waals surface area contributed by atoms with Crippen molar-refractivity contribution >= 4 is 19.7 Å². The first-order chi connectivity index (χ1) is 31.8. The molecule has 332 valence electrons. The van der Waals surface area contributed by atoms with E-state index in [0.29, 0.717) is 17.2 Å². The lowest BCUT2D eigenvalue weighted by molar-refractivity contribution is 0.227. The Labute approximate surface area is 389 Å². The predicted molar refractivity (Wildman–Crippen MR) is 262 cm³/mol. The second-order valence-corrected chi connectivity index (χ2v) is 21.3. The van der Waals surface area contributed by atoms with Gasteiger partial charge in [0.2, 0.25) is 19.7 Å². The number of fused-ring (bicyclic) bond motifs is 3. The molecule has 8 aromatic carbocycles. The Morgan fingerprint density at radius 1 is 0.485 bits per heavy atom. The van der Waals surface area contributed by atoms with Gasteiger partial charge in [-0.25, -0.2) is 16.8 Å². The summed E-state index contributed by atoms with van der Waals surface area (Å²) in [4.78, 5) is 0.975. The Balaban J connectivity index is 0.968. The summed E-state index contributed by atoms with van der Waals surface area (Å²) < 4.78 is 66.6. The van der Waals surface area contributed by atoms with Crippen molar-refractivity contribution in [3.8, 4) is 28.4 Å². The van der Waals surface area contributed by atoms with Crippen molar-refractivity contribution in [1.82, 2.24) is 0 Å². The highest BCUT2D eigenvalue weighted by Crippen LogP contribution is 2.56. The Hall–Kier alpha value is -6.74. The molecule has 0 heterocycles. The van der Waals surface area contributed by atoms with Crippen LogP contribution in [-0.4, -0.2) is 16.8 Å². The van der Waals surface area contributed by atoms with Crippen molar-refractivity contribution in [2.45, 2.75) is 84.0 Å². The number of hydrogen-bond acceptors (Lipinski definition) is 6. The molecule has 6 nitrogen and oxygen atoms in total. The number of rotatable bonds is 14. The van der Waals surface area contributed by atoms with Crippen LogP contribution in [0.25, 0.3) is 11.1 Å². The van der Waals surface area contributed by atoms with E-state index in [1.54, 1.807) is 72.8 Å². The number of aryl methyl sites for hydroxylation is 1. The van der Waals surface area contributed by atoms with Crippen LogP contribution in [0.2, 0.25) is 0 Å². The second-order valence-electron chi connectivity index (χ2n) is 17.4. The topological polar surface area (TPSA) is 86.7 Å². The summed E-state index contributed by atoms with van der Waals surface area (Å²) in [6.45, 7) is 10.4. The van der Waals surface area contributed by atoms with Crippen LogP contribution in [0.15, 0.2) is 214 Å². The van der Waals surface area contributed by atoms with Gasteiger partial charge in [-0.3, -0.25) is 0 Å². The third-order valence-electron chi connectivity index (χ3n) is 13.6. The van der Waals surface area contributed by atoms with Crippen LogP contribution in [0, 0.1) is 6.92 Å². The van der Waals surface area contributed by atoms with Gasteiger partial charge >= 0.3 is 0 Å².